The zero-order valence-corrected chi connectivity index (χ0v) is 11.0. The summed E-state index contributed by atoms with van der Waals surface area (Å²) in [5.74, 6) is -3.32. The molecule has 3 nitrogen and oxygen atoms in total. The molecule has 2 aromatic carbocycles. The number of carboxylic acids is 1. The van der Waals surface area contributed by atoms with Crippen molar-refractivity contribution in [1.29, 1.82) is 0 Å². The number of carboxylic acid groups (broad SMARTS) is 1. The molecule has 0 spiro atoms. The van der Waals surface area contributed by atoms with Crippen LogP contribution in [-0.2, 0) is 0 Å². The molecule has 2 aromatic rings. The van der Waals surface area contributed by atoms with Crippen molar-refractivity contribution in [1.82, 2.24) is 0 Å². The maximum absolute atomic E-state index is 13.7. The van der Waals surface area contributed by atoms with E-state index in [0.29, 0.717) is 0 Å². The molecule has 6 heteroatoms. The number of halogens is 3. The van der Waals surface area contributed by atoms with Crippen LogP contribution in [-0.4, -0.2) is 11.1 Å². The first-order chi connectivity index (χ1) is 9.88. The fourth-order valence-corrected chi connectivity index (χ4v) is 1.93. The van der Waals surface area contributed by atoms with Crippen LogP contribution in [0.5, 0.6) is 0 Å². The summed E-state index contributed by atoms with van der Waals surface area (Å²) >= 11 is 0. The van der Waals surface area contributed by atoms with Gasteiger partial charge < -0.3 is 10.4 Å². The van der Waals surface area contributed by atoms with E-state index in [1.165, 1.54) is 6.07 Å². The van der Waals surface area contributed by atoms with Crippen LogP contribution in [0.4, 0.5) is 18.9 Å². The largest absolute Gasteiger partial charge is 0.478 e. The van der Waals surface area contributed by atoms with Crippen molar-refractivity contribution in [3.05, 3.63) is 65.0 Å². The SMILES string of the molecule is CC(Nc1cc(C(=O)O)ccc1F)c1ccc(F)cc1F. The summed E-state index contributed by atoms with van der Waals surface area (Å²) in [5.41, 5.74) is -0.00617. The van der Waals surface area contributed by atoms with Gasteiger partial charge in [0.25, 0.3) is 0 Å². The molecule has 2 rings (SSSR count). The minimum absolute atomic E-state index is 0.0638. The first-order valence-corrected chi connectivity index (χ1v) is 6.13. The quantitative estimate of drug-likeness (QED) is 0.897. The lowest BCUT2D eigenvalue weighted by Gasteiger charge is -2.17. The van der Waals surface area contributed by atoms with Crippen molar-refractivity contribution in [3.63, 3.8) is 0 Å². The second-order valence-corrected chi connectivity index (χ2v) is 4.53. The van der Waals surface area contributed by atoms with Gasteiger partial charge in [0.05, 0.1) is 17.3 Å². The fourth-order valence-electron chi connectivity index (χ4n) is 1.93. The smallest absolute Gasteiger partial charge is 0.335 e. The Kier molecular flexibility index (Phi) is 4.16. The van der Waals surface area contributed by atoms with Crippen molar-refractivity contribution < 1.29 is 23.1 Å². The molecule has 0 bridgehead atoms. The molecule has 0 amide bonds. The maximum atomic E-state index is 13.7. The molecule has 0 aliphatic heterocycles. The molecular weight excluding hydrogens is 283 g/mol. The fraction of sp³-hybridized carbons (Fsp3) is 0.133. The normalized spacial score (nSPS) is 12.0. The highest BCUT2D eigenvalue weighted by Crippen LogP contribution is 2.25. The van der Waals surface area contributed by atoms with Gasteiger partial charge in [0.15, 0.2) is 0 Å². The van der Waals surface area contributed by atoms with Gasteiger partial charge in [-0.05, 0) is 31.2 Å². The molecule has 0 saturated heterocycles. The molecule has 0 aromatic heterocycles. The molecule has 1 unspecified atom stereocenters. The van der Waals surface area contributed by atoms with Crippen LogP contribution >= 0.6 is 0 Å². The molecule has 2 N–H and O–H groups in total. The van der Waals surface area contributed by atoms with Crippen LogP contribution in [0.1, 0.15) is 28.9 Å². The van der Waals surface area contributed by atoms with Crippen molar-refractivity contribution >= 4 is 11.7 Å². The standard InChI is InChI=1S/C15H12F3NO2/c1-8(11-4-3-10(16)7-13(11)18)19-14-6-9(15(20)21)2-5-12(14)17/h2-8,19H,1H3,(H,20,21). The number of hydrogen-bond donors (Lipinski definition) is 2. The van der Waals surface area contributed by atoms with Crippen molar-refractivity contribution in [2.75, 3.05) is 5.32 Å². The first-order valence-electron chi connectivity index (χ1n) is 6.13. The van der Waals surface area contributed by atoms with Crippen LogP contribution in [0, 0.1) is 17.5 Å². The molecule has 0 saturated carbocycles. The highest BCUT2D eigenvalue weighted by molar-refractivity contribution is 5.88. The number of anilines is 1. The van der Waals surface area contributed by atoms with E-state index in [1.54, 1.807) is 6.92 Å². The van der Waals surface area contributed by atoms with Gasteiger partial charge >= 0.3 is 5.97 Å². The summed E-state index contributed by atoms with van der Waals surface area (Å²) in [7, 11) is 0. The lowest BCUT2D eigenvalue weighted by molar-refractivity contribution is 0.0697. The van der Waals surface area contributed by atoms with Crippen LogP contribution < -0.4 is 5.32 Å². The van der Waals surface area contributed by atoms with Crippen molar-refractivity contribution in [2.45, 2.75) is 13.0 Å². The van der Waals surface area contributed by atoms with Crippen LogP contribution in [0.3, 0.4) is 0 Å². The molecule has 0 radical (unpaired) electrons. The van der Waals surface area contributed by atoms with Crippen LogP contribution in [0.2, 0.25) is 0 Å². The zero-order valence-electron chi connectivity index (χ0n) is 11.0. The Hall–Kier alpha value is -2.50. The number of hydrogen-bond acceptors (Lipinski definition) is 2. The lowest BCUT2D eigenvalue weighted by atomic mass is 10.1. The average molecular weight is 295 g/mol. The Labute approximate surface area is 119 Å². The molecule has 1 atom stereocenters. The molecule has 0 aliphatic carbocycles. The van der Waals surface area contributed by atoms with Gasteiger partial charge in [0, 0.05) is 11.6 Å². The minimum atomic E-state index is -1.20. The van der Waals surface area contributed by atoms with Gasteiger partial charge in [-0.25, -0.2) is 18.0 Å². The Morgan fingerprint density at radius 3 is 2.43 bits per heavy atom. The number of nitrogens with one attached hydrogen (secondary N) is 1. The third-order valence-corrected chi connectivity index (χ3v) is 3.01. The van der Waals surface area contributed by atoms with Crippen molar-refractivity contribution in [3.8, 4) is 0 Å². The maximum Gasteiger partial charge on any atom is 0.335 e. The second-order valence-electron chi connectivity index (χ2n) is 4.53. The molecule has 0 aliphatic rings. The van der Waals surface area contributed by atoms with Gasteiger partial charge in [0.1, 0.15) is 17.5 Å². The molecular formula is C15H12F3NO2. The van der Waals surface area contributed by atoms with E-state index in [1.807, 2.05) is 0 Å². The van der Waals surface area contributed by atoms with Crippen molar-refractivity contribution in [2.24, 2.45) is 0 Å². The number of aromatic carboxylic acids is 1. The Balaban J connectivity index is 2.28. The van der Waals surface area contributed by atoms with E-state index in [2.05, 4.69) is 5.32 Å². The monoisotopic (exact) mass is 295 g/mol. The molecule has 21 heavy (non-hydrogen) atoms. The lowest BCUT2D eigenvalue weighted by Crippen LogP contribution is -2.11. The molecule has 0 heterocycles. The van der Waals surface area contributed by atoms with E-state index in [0.717, 1.165) is 30.3 Å². The third kappa shape index (κ3) is 3.34. The van der Waals surface area contributed by atoms with E-state index >= 15 is 0 Å². The Morgan fingerprint density at radius 2 is 1.81 bits per heavy atom. The van der Waals surface area contributed by atoms with E-state index in [9.17, 15) is 18.0 Å². The summed E-state index contributed by atoms with van der Waals surface area (Å²) < 4.78 is 40.2. The average Bonchev–Trinajstić information content (AvgIpc) is 2.40. The zero-order chi connectivity index (χ0) is 15.6. The molecule has 110 valence electrons. The van der Waals surface area contributed by atoms with E-state index in [-0.39, 0.29) is 16.8 Å². The van der Waals surface area contributed by atoms with Gasteiger partial charge in [-0.3, -0.25) is 0 Å². The van der Waals surface area contributed by atoms with Crippen LogP contribution in [0.25, 0.3) is 0 Å². The summed E-state index contributed by atoms with van der Waals surface area (Å²) in [5, 5.41) is 11.6. The Bertz CT molecular complexity index is 689. The number of rotatable bonds is 4. The highest BCUT2D eigenvalue weighted by atomic mass is 19.1. The Morgan fingerprint density at radius 1 is 1.10 bits per heavy atom. The molecule has 0 fully saturated rings. The van der Waals surface area contributed by atoms with E-state index < -0.39 is 29.5 Å². The van der Waals surface area contributed by atoms with E-state index in [4.69, 9.17) is 5.11 Å². The van der Waals surface area contributed by atoms with Gasteiger partial charge in [0.2, 0.25) is 0 Å². The number of benzene rings is 2. The second kappa shape index (κ2) is 5.87. The number of carbonyl (C=O) groups is 1. The summed E-state index contributed by atoms with van der Waals surface area (Å²) in [6, 6.07) is 5.68. The predicted molar refractivity (Wildman–Crippen MR) is 71.8 cm³/mol. The summed E-state index contributed by atoms with van der Waals surface area (Å²) in [6.45, 7) is 1.56. The van der Waals surface area contributed by atoms with Crippen LogP contribution in [0.15, 0.2) is 36.4 Å². The van der Waals surface area contributed by atoms with Gasteiger partial charge in [-0.15, -0.1) is 0 Å². The topological polar surface area (TPSA) is 49.3 Å². The first kappa shape index (κ1) is 14.9. The third-order valence-electron chi connectivity index (χ3n) is 3.01. The highest BCUT2D eigenvalue weighted by Gasteiger charge is 2.15. The van der Waals surface area contributed by atoms with Gasteiger partial charge in [-0.1, -0.05) is 6.07 Å². The predicted octanol–water partition coefficient (Wildman–Crippen LogP) is 3.98. The summed E-state index contributed by atoms with van der Waals surface area (Å²) in [4.78, 5) is 10.9. The summed E-state index contributed by atoms with van der Waals surface area (Å²) in [6.07, 6.45) is 0. The minimum Gasteiger partial charge on any atom is -0.478 e. The van der Waals surface area contributed by atoms with Gasteiger partial charge in [-0.2, -0.15) is 0 Å².